The fourth-order valence-corrected chi connectivity index (χ4v) is 2.87. The van der Waals surface area contributed by atoms with Crippen LogP contribution in [0.1, 0.15) is 12.0 Å². The minimum Gasteiger partial charge on any atom is -0.391 e. The van der Waals surface area contributed by atoms with Crippen LogP contribution in [0.3, 0.4) is 0 Å². The monoisotopic (exact) mass is 284 g/mol. The van der Waals surface area contributed by atoms with Crippen LogP contribution < -0.4 is 10.6 Å². The highest BCUT2D eigenvalue weighted by Gasteiger charge is 2.33. The third kappa shape index (κ3) is 3.17. The van der Waals surface area contributed by atoms with E-state index >= 15 is 0 Å². The van der Waals surface area contributed by atoms with E-state index in [0.717, 1.165) is 24.3 Å². The van der Waals surface area contributed by atoms with Crippen LogP contribution in [0.2, 0.25) is 5.02 Å². The van der Waals surface area contributed by atoms with Gasteiger partial charge in [0.05, 0.1) is 11.1 Å². The molecule has 2 unspecified atom stereocenters. The van der Waals surface area contributed by atoms with Gasteiger partial charge in [-0.05, 0) is 32.1 Å². The molecule has 0 aromatic carbocycles. The fraction of sp³-hybridized carbons (Fsp3) is 0.615. The maximum Gasteiger partial charge on any atom is 0.148 e. The number of pyridine rings is 1. The second-order valence-electron chi connectivity index (χ2n) is 5.27. The Hall–Kier alpha value is -0.880. The summed E-state index contributed by atoms with van der Waals surface area (Å²) in [6.07, 6.45) is 2.13. The summed E-state index contributed by atoms with van der Waals surface area (Å²) in [5, 5.41) is 10.5. The quantitative estimate of drug-likeness (QED) is 0.852. The zero-order valence-corrected chi connectivity index (χ0v) is 12.1. The lowest BCUT2D eigenvalue weighted by Crippen LogP contribution is -2.38. The smallest absolute Gasteiger partial charge is 0.148 e. The molecule has 0 aliphatic carbocycles. The molecular formula is C13H21ClN4O. The van der Waals surface area contributed by atoms with Crippen molar-refractivity contribution in [2.24, 2.45) is 5.73 Å². The molecule has 6 heteroatoms. The average Bonchev–Trinajstić information content (AvgIpc) is 2.69. The lowest BCUT2D eigenvalue weighted by molar-refractivity contribution is 0.191. The topological polar surface area (TPSA) is 65.6 Å². The Morgan fingerprint density at radius 2 is 2.32 bits per heavy atom. The van der Waals surface area contributed by atoms with E-state index in [1.807, 2.05) is 20.2 Å². The molecule has 1 aliphatic heterocycles. The Bertz CT molecular complexity index is 441. The molecule has 0 bridgehead atoms. The summed E-state index contributed by atoms with van der Waals surface area (Å²) >= 11 is 6.36. The third-order valence-corrected chi connectivity index (χ3v) is 3.82. The average molecular weight is 285 g/mol. The molecule has 19 heavy (non-hydrogen) atoms. The molecule has 1 saturated heterocycles. The van der Waals surface area contributed by atoms with Crippen molar-refractivity contribution in [2.45, 2.75) is 25.1 Å². The van der Waals surface area contributed by atoms with Crippen molar-refractivity contribution in [1.82, 2.24) is 9.88 Å². The Kier molecular flexibility index (Phi) is 4.62. The van der Waals surface area contributed by atoms with Gasteiger partial charge in [0.1, 0.15) is 5.82 Å². The largest absolute Gasteiger partial charge is 0.391 e. The van der Waals surface area contributed by atoms with Gasteiger partial charge in [0, 0.05) is 31.9 Å². The number of hydrogen-bond donors (Lipinski definition) is 2. The van der Waals surface area contributed by atoms with Gasteiger partial charge in [0.25, 0.3) is 0 Å². The minimum absolute atomic E-state index is 0.225. The van der Waals surface area contributed by atoms with Crippen molar-refractivity contribution < 1.29 is 5.11 Å². The molecule has 1 aromatic rings. The van der Waals surface area contributed by atoms with E-state index in [0.29, 0.717) is 18.1 Å². The van der Waals surface area contributed by atoms with Gasteiger partial charge in [-0.2, -0.15) is 0 Å². The van der Waals surface area contributed by atoms with E-state index in [1.165, 1.54) is 0 Å². The number of anilines is 1. The zero-order valence-electron chi connectivity index (χ0n) is 11.4. The van der Waals surface area contributed by atoms with E-state index in [4.69, 9.17) is 17.3 Å². The summed E-state index contributed by atoms with van der Waals surface area (Å²) in [6, 6.07) is 2.06. The predicted octanol–water partition coefficient (Wildman–Crippen LogP) is 0.695. The van der Waals surface area contributed by atoms with Gasteiger partial charge < -0.3 is 20.6 Å². The molecule has 2 heterocycles. The molecule has 2 atom stereocenters. The summed E-state index contributed by atoms with van der Waals surface area (Å²) in [6.45, 7) is 1.82. The van der Waals surface area contributed by atoms with E-state index in [-0.39, 0.29) is 12.1 Å². The number of nitrogens with two attached hydrogens (primary N) is 1. The third-order valence-electron chi connectivity index (χ3n) is 3.41. The van der Waals surface area contributed by atoms with Crippen LogP contribution in [0, 0.1) is 0 Å². The molecule has 0 radical (unpaired) electrons. The molecule has 0 amide bonds. The molecule has 1 aliphatic rings. The lowest BCUT2D eigenvalue weighted by atomic mass is 10.2. The van der Waals surface area contributed by atoms with Crippen molar-refractivity contribution in [1.29, 1.82) is 0 Å². The number of aliphatic hydroxyl groups is 1. The number of aromatic nitrogens is 1. The van der Waals surface area contributed by atoms with Gasteiger partial charge in [-0.15, -0.1) is 0 Å². The summed E-state index contributed by atoms with van der Waals surface area (Å²) in [7, 11) is 4.04. The van der Waals surface area contributed by atoms with Gasteiger partial charge in [-0.1, -0.05) is 11.6 Å². The van der Waals surface area contributed by atoms with Crippen molar-refractivity contribution in [3.05, 3.63) is 22.8 Å². The second kappa shape index (κ2) is 6.05. The normalized spacial score (nSPS) is 23.4. The van der Waals surface area contributed by atoms with Crippen LogP contribution in [0.5, 0.6) is 0 Å². The van der Waals surface area contributed by atoms with Gasteiger partial charge >= 0.3 is 0 Å². The first-order valence-electron chi connectivity index (χ1n) is 6.45. The highest BCUT2D eigenvalue weighted by molar-refractivity contribution is 6.33. The number of likely N-dealkylation sites (N-methyl/N-ethyl adjacent to an activating group) is 1. The highest BCUT2D eigenvalue weighted by Crippen LogP contribution is 2.32. The molecule has 1 aromatic heterocycles. The molecule has 5 nitrogen and oxygen atoms in total. The van der Waals surface area contributed by atoms with E-state index in [2.05, 4.69) is 14.8 Å². The van der Waals surface area contributed by atoms with Crippen LogP contribution in [0.25, 0.3) is 0 Å². The van der Waals surface area contributed by atoms with Crippen molar-refractivity contribution >= 4 is 17.4 Å². The second-order valence-corrected chi connectivity index (χ2v) is 5.65. The molecule has 0 spiro atoms. The summed E-state index contributed by atoms with van der Waals surface area (Å²) in [5.41, 5.74) is 6.56. The number of nitrogens with zero attached hydrogens (tertiary/aromatic N) is 3. The zero-order chi connectivity index (χ0) is 14.0. The highest BCUT2D eigenvalue weighted by atomic mass is 35.5. The molecule has 106 valence electrons. The van der Waals surface area contributed by atoms with Gasteiger partial charge in [0.2, 0.25) is 0 Å². The first-order chi connectivity index (χ1) is 9.02. The Morgan fingerprint density at radius 1 is 1.58 bits per heavy atom. The number of rotatable bonds is 4. The van der Waals surface area contributed by atoms with Gasteiger partial charge in [-0.25, -0.2) is 4.98 Å². The Balaban J connectivity index is 2.28. The van der Waals surface area contributed by atoms with Crippen molar-refractivity contribution in [3.8, 4) is 0 Å². The maximum atomic E-state index is 9.91. The SMILES string of the molecule is CN(C)CC1CC(O)CN1c1nccc(CN)c1Cl. The van der Waals surface area contributed by atoms with Crippen LogP contribution >= 0.6 is 11.6 Å². The fourth-order valence-electron chi connectivity index (χ4n) is 2.58. The molecule has 1 fully saturated rings. The lowest BCUT2D eigenvalue weighted by Gasteiger charge is -2.28. The van der Waals surface area contributed by atoms with Crippen LogP contribution in [0.4, 0.5) is 5.82 Å². The van der Waals surface area contributed by atoms with Crippen molar-refractivity contribution in [2.75, 3.05) is 32.1 Å². The van der Waals surface area contributed by atoms with Crippen LogP contribution in [-0.2, 0) is 6.54 Å². The molecule has 0 saturated carbocycles. The van der Waals surface area contributed by atoms with E-state index in [9.17, 15) is 5.11 Å². The molecule has 2 rings (SSSR count). The Morgan fingerprint density at radius 3 is 2.95 bits per heavy atom. The number of hydrogen-bond acceptors (Lipinski definition) is 5. The van der Waals surface area contributed by atoms with Gasteiger partial charge in [0.15, 0.2) is 0 Å². The van der Waals surface area contributed by atoms with E-state index in [1.54, 1.807) is 6.20 Å². The predicted molar refractivity (Wildman–Crippen MR) is 77.5 cm³/mol. The molecular weight excluding hydrogens is 264 g/mol. The number of halogens is 1. The maximum absolute atomic E-state index is 9.91. The van der Waals surface area contributed by atoms with Gasteiger partial charge in [-0.3, -0.25) is 0 Å². The first kappa shape index (κ1) is 14.5. The number of β-amino-alcohol motifs (C(OH)–C–C–N with tert-alkyl or cyclic N) is 1. The van der Waals surface area contributed by atoms with Crippen LogP contribution in [-0.4, -0.2) is 54.3 Å². The minimum atomic E-state index is -0.329. The molecule has 3 N–H and O–H groups in total. The van der Waals surface area contributed by atoms with Crippen molar-refractivity contribution in [3.63, 3.8) is 0 Å². The Labute approximate surface area is 119 Å². The summed E-state index contributed by atoms with van der Waals surface area (Å²) in [5.74, 6) is 0.730. The summed E-state index contributed by atoms with van der Waals surface area (Å²) in [4.78, 5) is 8.57. The summed E-state index contributed by atoms with van der Waals surface area (Å²) < 4.78 is 0. The standard InChI is InChI=1S/C13H21ClN4O/c1-17(2)7-10-5-11(19)8-18(10)13-12(14)9(6-15)3-4-16-13/h3-4,10-11,19H,5-8,15H2,1-2H3. The van der Waals surface area contributed by atoms with E-state index < -0.39 is 0 Å². The van der Waals surface area contributed by atoms with Crippen LogP contribution in [0.15, 0.2) is 12.3 Å². The first-order valence-corrected chi connectivity index (χ1v) is 6.83. The number of aliphatic hydroxyl groups excluding tert-OH is 1.